The summed E-state index contributed by atoms with van der Waals surface area (Å²) in [5.74, 6) is 1.57. The molecule has 0 unspecified atom stereocenters. The monoisotopic (exact) mass is 236 g/mol. The molecule has 0 aliphatic carbocycles. The summed E-state index contributed by atoms with van der Waals surface area (Å²) >= 11 is 0. The molecule has 1 aromatic rings. The van der Waals surface area contributed by atoms with Crippen molar-refractivity contribution in [2.24, 2.45) is 5.73 Å². The van der Waals surface area contributed by atoms with E-state index in [-0.39, 0.29) is 6.10 Å². The van der Waals surface area contributed by atoms with E-state index in [1.165, 1.54) is 0 Å². The molecule has 0 aromatic carbocycles. The molecule has 1 saturated heterocycles. The molecule has 0 spiro atoms. The van der Waals surface area contributed by atoms with E-state index in [1.54, 1.807) is 6.33 Å². The Morgan fingerprint density at radius 2 is 2.06 bits per heavy atom. The molecule has 17 heavy (non-hydrogen) atoms. The minimum absolute atomic E-state index is 0.132. The zero-order valence-electron chi connectivity index (χ0n) is 10.5. The summed E-state index contributed by atoms with van der Waals surface area (Å²) in [4.78, 5) is 10.6. The zero-order chi connectivity index (χ0) is 12.3. The molecule has 0 radical (unpaired) electrons. The SMILES string of the molecule is CC(C)Oc1cc(N2CCC(N)CC2)ncn1. The van der Waals surface area contributed by atoms with Crippen LogP contribution in [0.25, 0.3) is 0 Å². The van der Waals surface area contributed by atoms with E-state index >= 15 is 0 Å². The van der Waals surface area contributed by atoms with Gasteiger partial charge < -0.3 is 15.4 Å². The first-order chi connectivity index (χ1) is 8.15. The fraction of sp³-hybridized carbons (Fsp3) is 0.667. The topological polar surface area (TPSA) is 64.3 Å². The van der Waals surface area contributed by atoms with Gasteiger partial charge in [0.25, 0.3) is 0 Å². The van der Waals surface area contributed by atoms with Crippen molar-refractivity contribution in [3.05, 3.63) is 12.4 Å². The van der Waals surface area contributed by atoms with Crippen molar-refractivity contribution in [1.82, 2.24) is 9.97 Å². The van der Waals surface area contributed by atoms with Crippen molar-refractivity contribution in [2.45, 2.75) is 38.8 Å². The molecule has 0 bridgehead atoms. The summed E-state index contributed by atoms with van der Waals surface area (Å²) < 4.78 is 5.56. The molecule has 1 aliphatic heterocycles. The second-order valence-electron chi connectivity index (χ2n) is 4.71. The quantitative estimate of drug-likeness (QED) is 0.854. The number of nitrogens with two attached hydrogens (primary N) is 1. The van der Waals surface area contributed by atoms with Crippen molar-refractivity contribution >= 4 is 5.82 Å². The van der Waals surface area contributed by atoms with Crippen molar-refractivity contribution < 1.29 is 4.74 Å². The molecule has 1 aromatic heterocycles. The largest absolute Gasteiger partial charge is 0.475 e. The first kappa shape index (κ1) is 12.1. The first-order valence-corrected chi connectivity index (χ1v) is 6.14. The minimum Gasteiger partial charge on any atom is -0.475 e. The summed E-state index contributed by atoms with van der Waals surface area (Å²) in [6.07, 6.45) is 3.73. The normalized spacial score (nSPS) is 17.5. The molecule has 2 heterocycles. The summed E-state index contributed by atoms with van der Waals surface area (Å²) in [5, 5.41) is 0. The van der Waals surface area contributed by atoms with Gasteiger partial charge in [-0.15, -0.1) is 0 Å². The third-order valence-corrected chi connectivity index (χ3v) is 2.85. The highest BCUT2D eigenvalue weighted by atomic mass is 16.5. The lowest BCUT2D eigenvalue weighted by molar-refractivity contribution is 0.232. The van der Waals surface area contributed by atoms with Gasteiger partial charge in [-0.2, -0.15) is 0 Å². The van der Waals surface area contributed by atoms with E-state index in [2.05, 4.69) is 14.9 Å². The second kappa shape index (κ2) is 5.31. The van der Waals surface area contributed by atoms with Crippen LogP contribution in [-0.4, -0.2) is 35.2 Å². The second-order valence-corrected chi connectivity index (χ2v) is 4.71. The lowest BCUT2D eigenvalue weighted by Gasteiger charge is -2.31. The number of anilines is 1. The maximum atomic E-state index is 5.89. The minimum atomic E-state index is 0.132. The van der Waals surface area contributed by atoms with Crippen LogP contribution in [0.4, 0.5) is 5.82 Å². The Labute approximate surface area is 102 Å². The third-order valence-electron chi connectivity index (χ3n) is 2.85. The van der Waals surface area contributed by atoms with Crippen LogP contribution in [0.3, 0.4) is 0 Å². The van der Waals surface area contributed by atoms with Crippen molar-refractivity contribution in [1.29, 1.82) is 0 Å². The van der Waals surface area contributed by atoms with Crippen LogP contribution < -0.4 is 15.4 Å². The Balaban J connectivity index is 2.05. The van der Waals surface area contributed by atoms with Crippen LogP contribution in [-0.2, 0) is 0 Å². The standard InChI is InChI=1S/C12H20N4O/c1-9(2)17-12-7-11(14-8-15-12)16-5-3-10(13)4-6-16/h7-10H,3-6,13H2,1-2H3. The van der Waals surface area contributed by atoms with E-state index < -0.39 is 0 Å². The average Bonchev–Trinajstić information content (AvgIpc) is 2.29. The third kappa shape index (κ3) is 3.30. The Morgan fingerprint density at radius 1 is 1.35 bits per heavy atom. The van der Waals surface area contributed by atoms with Crippen LogP contribution in [0.2, 0.25) is 0 Å². The smallest absolute Gasteiger partial charge is 0.218 e. The predicted molar refractivity (Wildman–Crippen MR) is 67.2 cm³/mol. The Bertz CT molecular complexity index is 361. The van der Waals surface area contributed by atoms with Crippen molar-refractivity contribution in [2.75, 3.05) is 18.0 Å². The van der Waals surface area contributed by atoms with Crippen LogP contribution in [0.5, 0.6) is 5.88 Å². The van der Waals surface area contributed by atoms with Gasteiger partial charge in [-0.25, -0.2) is 9.97 Å². The number of nitrogens with zero attached hydrogens (tertiary/aromatic N) is 3. The molecule has 2 N–H and O–H groups in total. The maximum Gasteiger partial charge on any atom is 0.218 e. The van der Waals surface area contributed by atoms with Gasteiger partial charge in [0.1, 0.15) is 12.1 Å². The van der Waals surface area contributed by atoms with Gasteiger partial charge in [0, 0.05) is 25.2 Å². The first-order valence-electron chi connectivity index (χ1n) is 6.14. The number of hydrogen-bond acceptors (Lipinski definition) is 5. The molecule has 0 amide bonds. The lowest BCUT2D eigenvalue weighted by atomic mass is 10.1. The Kier molecular flexibility index (Phi) is 3.78. The number of hydrogen-bond donors (Lipinski definition) is 1. The van der Waals surface area contributed by atoms with Crippen LogP contribution in [0, 0.1) is 0 Å². The molecule has 0 atom stereocenters. The fourth-order valence-corrected chi connectivity index (χ4v) is 1.94. The Hall–Kier alpha value is -1.36. The molecule has 5 heteroatoms. The maximum absolute atomic E-state index is 5.89. The average molecular weight is 236 g/mol. The summed E-state index contributed by atoms with van der Waals surface area (Å²) in [6.45, 7) is 5.89. The predicted octanol–water partition coefficient (Wildman–Crippen LogP) is 1.19. The van der Waals surface area contributed by atoms with E-state index in [1.807, 2.05) is 19.9 Å². The summed E-state index contributed by atoms with van der Waals surface area (Å²) in [5.41, 5.74) is 5.89. The molecule has 5 nitrogen and oxygen atoms in total. The van der Waals surface area contributed by atoms with Gasteiger partial charge in [-0.1, -0.05) is 0 Å². The van der Waals surface area contributed by atoms with E-state index in [4.69, 9.17) is 10.5 Å². The van der Waals surface area contributed by atoms with Crippen molar-refractivity contribution in [3.63, 3.8) is 0 Å². The molecule has 1 aliphatic rings. The van der Waals surface area contributed by atoms with E-state index in [0.717, 1.165) is 31.7 Å². The summed E-state index contributed by atoms with van der Waals surface area (Å²) in [7, 11) is 0. The van der Waals surface area contributed by atoms with E-state index in [0.29, 0.717) is 11.9 Å². The highest BCUT2D eigenvalue weighted by Crippen LogP contribution is 2.20. The lowest BCUT2D eigenvalue weighted by Crippen LogP contribution is -2.40. The molecule has 94 valence electrons. The molecular formula is C12H20N4O. The van der Waals surface area contributed by atoms with Gasteiger partial charge in [-0.3, -0.25) is 0 Å². The number of ether oxygens (including phenoxy) is 1. The van der Waals surface area contributed by atoms with Gasteiger partial charge in [0.15, 0.2) is 0 Å². The fourth-order valence-electron chi connectivity index (χ4n) is 1.94. The number of rotatable bonds is 3. The van der Waals surface area contributed by atoms with Gasteiger partial charge >= 0.3 is 0 Å². The highest BCUT2D eigenvalue weighted by Gasteiger charge is 2.17. The van der Waals surface area contributed by atoms with Crippen molar-refractivity contribution in [3.8, 4) is 5.88 Å². The van der Waals surface area contributed by atoms with Gasteiger partial charge in [-0.05, 0) is 26.7 Å². The molecule has 2 rings (SSSR count). The molecular weight excluding hydrogens is 216 g/mol. The van der Waals surface area contributed by atoms with Crippen LogP contribution in [0.15, 0.2) is 12.4 Å². The van der Waals surface area contributed by atoms with Crippen LogP contribution in [0.1, 0.15) is 26.7 Å². The number of aromatic nitrogens is 2. The van der Waals surface area contributed by atoms with Crippen LogP contribution >= 0.6 is 0 Å². The Morgan fingerprint density at radius 3 is 2.71 bits per heavy atom. The van der Waals surface area contributed by atoms with Gasteiger partial charge in [0.05, 0.1) is 6.10 Å². The number of piperidine rings is 1. The zero-order valence-corrected chi connectivity index (χ0v) is 10.5. The summed E-state index contributed by atoms with van der Waals surface area (Å²) in [6, 6.07) is 2.23. The van der Waals surface area contributed by atoms with Gasteiger partial charge in [0.2, 0.25) is 5.88 Å². The van der Waals surface area contributed by atoms with E-state index in [9.17, 15) is 0 Å². The molecule has 0 saturated carbocycles. The highest BCUT2D eigenvalue weighted by molar-refractivity contribution is 5.41. The molecule has 1 fully saturated rings.